The van der Waals surface area contributed by atoms with Gasteiger partial charge in [0, 0.05) is 18.6 Å². The fourth-order valence-corrected chi connectivity index (χ4v) is 3.73. The van der Waals surface area contributed by atoms with Gasteiger partial charge in [-0.25, -0.2) is 4.39 Å². The summed E-state index contributed by atoms with van der Waals surface area (Å²) in [5.41, 5.74) is 1.26. The highest BCUT2D eigenvalue weighted by Gasteiger charge is 2.39. The smallest absolute Gasteiger partial charge is 0.123 e. The van der Waals surface area contributed by atoms with Crippen molar-refractivity contribution < 1.29 is 4.39 Å². The van der Waals surface area contributed by atoms with Crippen molar-refractivity contribution in [3.05, 3.63) is 47.8 Å². The van der Waals surface area contributed by atoms with Crippen molar-refractivity contribution in [2.75, 3.05) is 13.1 Å². The Morgan fingerprint density at radius 1 is 1.05 bits per heavy atom. The van der Waals surface area contributed by atoms with Crippen LogP contribution >= 0.6 is 0 Å². The van der Waals surface area contributed by atoms with E-state index in [1.54, 1.807) is 12.1 Å². The molecule has 1 aliphatic carbocycles. The van der Waals surface area contributed by atoms with Crippen LogP contribution in [0.3, 0.4) is 0 Å². The standard InChI is InChI=1S/C17H22FN/c18-16-9-7-8-15(14-16)17(10-3-1-4-11-17)19-12-5-2-6-13-19/h2,5,7-9,14H,1,3-4,6,10-13H2. The molecule has 1 aliphatic heterocycles. The highest BCUT2D eigenvalue weighted by molar-refractivity contribution is 5.27. The largest absolute Gasteiger partial charge is 0.290 e. The highest BCUT2D eigenvalue weighted by atomic mass is 19.1. The number of rotatable bonds is 2. The molecular weight excluding hydrogens is 237 g/mol. The lowest BCUT2D eigenvalue weighted by Crippen LogP contribution is -2.49. The van der Waals surface area contributed by atoms with Crippen LogP contribution in [0, 0.1) is 5.82 Å². The molecule has 0 bridgehead atoms. The minimum absolute atomic E-state index is 0.0745. The maximum atomic E-state index is 13.6. The van der Waals surface area contributed by atoms with E-state index in [0.717, 1.165) is 19.5 Å². The van der Waals surface area contributed by atoms with Gasteiger partial charge in [-0.15, -0.1) is 0 Å². The molecule has 2 heteroatoms. The first-order chi connectivity index (χ1) is 9.31. The predicted octanol–water partition coefficient (Wildman–Crippen LogP) is 4.25. The molecule has 1 fully saturated rings. The van der Waals surface area contributed by atoms with Crippen LogP contribution in [-0.2, 0) is 5.54 Å². The molecule has 0 N–H and O–H groups in total. The first kappa shape index (κ1) is 12.9. The Labute approximate surface area is 115 Å². The lowest BCUT2D eigenvalue weighted by Gasteiger charge is -2.47. The van der Waals surface area contributed by atoms with Crippen LogP contribution in [0.15, 0.2) is 36.4 Å². The number of hydrogen-bond acceptors (Lipinski definition) is 1. The van der Waals surface area contributed by atoms with Gasteiger partial charge in [0.1, 0.15) is 5.82 Å². The first-order valence-corrected chi connectivity index (χ1v) is 7.47. The van der Waals surface area contributed by atoms with Gasteiger partial charge >= 0.3 is 0 Å². The van der Waals surface area contributed by atoms with Crippen LogP contribution < -0.4 is 0 Å². The van der Waals surface area contributed by atoms with Crippen molar-refractivity contribution in [3.8, 4) is 0 Å². The van der Waals surface area contributed by atoms with E-state index in [4.69, 9.17) is 0 Å². The van der Waals surface area contributed by atoms with Gasteiger partial charge in [-0.3, -0.25) is 4.90 Å². The molecule has 1 heterocycles. The molecule has 0 radical (unpaired) electrons. The van der Waals surface area contributed by atoms with E-state index < -0.39 is 0 Å². The molecule has 2 aliphatic rings. The van der Waals surface area contributed by atoms with Crippen molar-refractivity contribution in [2.45, 2.75) is 44.1 Å². The van der Waals surface area contributed by atoms with Gasteiger partial charge in [-0.05, 0) is 37.0 Å². The van der Waals surface area contributed by atoms with Crippen molar-refractivity contribution in [3.63, 3.8) is 0 Å². The van der Waals surface area contributed by atoms with E-state index in [1.165, 1.54) is 37.7 Å². The summed E-state index contributed by atoms with van der Waals surface area (Å²) in [6.07, 6.45) is 11.8. The maximum Gasteiger partial charge on any atom is 0.123 e. The molecule has 102 valence electrons. The Balaban J connectivity index is 1.98. The number of nitrogens with zero attached hydrogens (tertiary/aromatic N) is 1. The van der Waals surface area contributed by atoms with Crippen LogP contribution in [0.4, 0.5) is 4.39 Å². The molecule has 1 aromatic rings. The van der Waals surface area contributed by atoms with Crippen molar-refractivity contribution >= 4 is 0 Å². The average molecular weight is 259 g/mol. The van der Waals surface area contributed by atoms with Crippen molar-refractivity contribution in [1.82, 2.24) is 4.90 Å². The van der Waals surface area contributed by atoms with Crippen molar-refractivity contribution in [2.24, 2.45) is 0 Å². The summed E-state index contributed by atoms with van der Waals surface area (Å²) < 4.78 is 13.6. The minimum Gasteiger partial charge on any atom is -0.290 e. The first-order valence-electron chi connectivity index (χ1n) is 7.47. The third-order valence-corrected chi connectivity index (χ3v) is 4.71. The molecule has 1 saturated carbocycles. The molecule has 0 aromatic heterocycles. The zero-order chi connectivity index (χ0) is 13.1. The Hall–Kier alpha value is -1.15. The number of hydrogen-bond donors (Lipinski definition) is 0. The number of benzene rings is 1. The third-order valence-electron chi connectivity index (χ3n) is 4.71. The molecular formula is C17H22FN. The zero-order valence-electron chi connectivity index (χ0n) is 11.4. The summed E-state index contributed by atoms with van der Waals surface area (Å²) in [6, 6.07) is 7.29. The fraction of sp³-hybridized carbons (Fsp3) is 0.529. The summed E-state index contributed by atoms with van der Waals surface area (Å²) in [5.74, 6) is -0.102. The number of halogens is 1. The predicted molar refractivity (Wildman–Crippen MR) is 76.5 cm³/mol. The van der Waals surface area contributed by atoms with Crippen LogP contribution in [0.1, 0.15) is 44.1 Å². The second-order valence-electron chi connectivity index (χ2n) is 5.81. The van der Waals surface area contributed by atoms with E-state index in [1.807, 2.05) is 6.07 Å². The molecule has 19 heavy (non-hydrogen) atoms. The second kappa shape index (κ2) is 5.46. The van der Waals surface area contributed by atoms with Gasteiger partial charge in [0.15, 0.2) is 0 Å². The molecule has 3 rings (SSSR count). The molecule has 0 spiro atoms. The van der Waals surface area contributed by atoms with Gasteiger partial charge in [0.25, 0.3) is 0 Å². The summed E-state index contributed by atoms with van der Waals surface area (Å²) in [7, 11) is 0. The molecule has 0 saturated heterocycles. The summed E-state index contributed by atoms with van der Waals surface area (Å²) in [4.78, 5) is 2.57. The van der Waals surface area contributed by atoms with Crippen LogP contribution in [-0.4, -0.2) is 18.0 Å². The van der Waals surface area contributed by atoms with Crippen molar-refractivity contribution in [1.29, 1.82) is 0 Å². The second-order valence-corrected chi connectivity index (χ2v) is 5.81. The zero-order valence-corrected chi connectivity index (χ0v) is 11.4. The maximum absolute atomic E-state index is 13.6. The Kier molecular flexibility index (Phi) is 3.69. The molecule has 0 unspecified atom stereocenters. The topological polar surface area (TPSA) is 3.24 Å². The van der Waals surface area contributed by atoms with Crippen LogP contribution in [0.5, 0.6) is 0 Å². The quantitative estimate of drug-likeness (QED) is 0.718. The van der Waals surface area contributed by atoms with Gasteiger partial charge in [0.2, 0.25) is 0 Å². The summed E-state index contributed by atoms with van der Waals surface area (Å²) >= 11 is 0. The van der Waals surface area contributed by atoms with Gasteiger partial charge < -0.3 is 0 Å². The Morgan fingerprint density at radius 2 is 1.89 bits per heavy atom. The summed E-state index contributed by atoms with van der Waals surface area (Å²) in [6.45, 7) is 2.11. The lowest BCUT2D eigenvalue weighted by atomic mass is 9.75. The lowest BCUT2D eigenvalue weighted by molar-refractivity contribution is 0.0555. The van der Waals surface area contributed by atoms with E-state index >= 15 is 0 Å². The third kappa shape index (κ3) is 2.46. The Bertz CT molecular complexity index is 460. The normalized spacial score (nSPS) is 23.4. The monoisotopic (exact) mass is 259 g/mol. The molecule has 0 amide bonds. The average Bonchev–Trinajstić information content (AvgIpc) is 2.49. The van der Waals surface area contributed by atoms with E-state index in [9.17, 15) is 4.39 Å². The SMILES string of the molecule is Fc1cccc(C2(N3CC=CCC3)CCCCC2)c1. The molecule has 1 nitrogen and oxygen atoms in total. The van der Waals surface area contributed by atoms with Gasteiger partial charge in [-0.1, -0.05) is 43.5 Å². The van der Waals surface area contributed by atoms with E-state index in [-0.39, 0.29) is 11.4 Å². The molecule has 1 aromatic carbocycles. The van der Waals surface area contributed by atoms with Crippen LogP contribution in [0.2, 0.25) is 0 Å². The fourth-order valence-electron chi connectivity index (χ4n) is 3.73. The highest BCUT2D eigenvalue weighted by Crippen LogP contribution is 2.43. The molecule has 0 atom stereocenters. The van der Waals surface area contributed by atoms with Crippen LogP contribution in [0.25, 0.3) is 0 Å². The minimum atomic E-state index is -0.102. The van der Waals surface area contributed by atoms with Gasteiger partial charge in [-0.2, -0.15) is 0 Å². The van der Waals surface area contributed by atoms with E-state index in [2.05, 4.69) is 23.1 Å². The van der Waals surface area contributed by atoms with Gasteiger partial charge in [0.05, 0.1) is 0 Å². The summed E-state index contributed by atoms with van der Waals surface area (Å²) in [5, 5.41) is 0. The van der Waals surface area contributed by atoms with E-state index in [0.29, 0.717) is 0 Å². The Morgan fingerprint density at radius 3 is 2.58 bits per heavy atom.